The Labute approximate surface area is 180 Å². The molecular weight excluding hydrogens is 400 g/mol. The fraction of sp³-hybridized carbons (Fsp3) is 0.318. The maximum absolute atomic E-state index is 12.1. The van der Waals surface area contributed by atoms with Gasteiger partial charge >= 0.3 is 0 Å². The summed E-state index contributed by atoms with van der Waals surface area (Å²) in [6.07, 6.45) is 0. The van der Waals surface area contributed by atoms with Gasteiger partial charge in [-0.15, -0.1) is 0 Å². The first-order valence-electron chi connectivity index (χ1n) is 10.0. The molecule has 9 nitrogen and oxygen atoms in total. The van der Waals surface area contributed by atoms with E-state index in [2.05, 4.69) is 16.0 Å². The molecule has 3 amide bonds. The second kappa shape index (κ2) is 11.7. The summed E-state index contributed by atoms with van der Waals surface area (Å²) in [7, 11) is 0. The van der Waals surface area contributed by atoms with Crippen molar-refractivity contribution < 1.29 is 23.9 Å². The molecule has 2 aromatic rings. The van der Waals surface area contributed by atoms with Crippen LogP contribution in [0.2, 0.25) is 0 Å². The zero-order valence-corrected chi connectivity index (χ0v) is 17.1. The lowest BCUT2D eigenvalue weighted by Crippen LogP contribution is -2.41. The number of benzene rings is 2. The Hall–Kier alpha value is -3.43. The number of nitrogens with one attached hydrogen (secondary N) is 3. The highest BCUT2D eigenvalue weighted by Gasteiger charge is 2.14. The third kappa shape index (κ3) is 8.07. The first kappa shape index (κ1) is 22.3. The number of amides is 3. The van der Waals surface area contributed by atoms with E-state index in [-0.39, 0.29) is 25.0 Å². The Kier molecular flexibility index (Phi) is 8.39. The minimum Gasteiger partial charge on any atom is -0.484 e. The van der Waals surface area contributed by atoms with Crippen molar-refractivity contribution in [3.8, 4) is 5.75 Å². The normalized spacial score (nSPS) is 13.8. The Morgan fingerprint density at radius 1 is 0.839 bits per heavy atom. The highest BCUT2D eigenvalue weighted by molar-refractivity contribution is 5.95. The molecule has 0 atom stereocenters. The van der Waals surface area contributed by atoms with Crippen LogP contribution in [-0.4, -0.2) is 68.6 Å². The van der Waals surface area contributed by atoms with Crippen LogP contribution in [0.1, 0.15) is 0 Å². The van der Waals surface area contributed by atoms with Gasteiger partial charge in [0.2, 0.25) is 11.8 Å². The number of carbonyl (C=O) groups excluding carboxylic acids is 3. The molecule has 1 aliphatic rings. The van der Waals surface area contributed by atoms with E-state index in [0.717, 1.165) is 13.1 Å². The van der Waals surface area contributed by atoms with Gasteiger partial charge in [0, 0.05) is 24.5 Å². The predicted octanol–water partition coefficient (Wildman–Crippen LogP) is 1.09. The average molecular weight is 426 g/mol. The molecule has 0 radical (unpaired) electrons. The van der Waals surface area contributed by atoms with Gasteiger partial charge in [0.1, 0.15) is 5.75 Å². The van der Waals surface area contributed by atoms with E-state index >= 15 is 0 Å². The molecule has 0 bridgehead atoms. The van der Waals surface area contributed by atoms with Gasteiger partial charge in [0.05, 0.1) is 26.3 Å². The molecule has 0 spiro atoms. The van der Waals surface area contributed by atoms with Gasteiger partial charge in [-0.05, 0) is 36.4 Å². The van der Waals surface area contributed by atoms with Gasteiger partial charge in [0.15, 0.2) is 6.61 Å². The van der Waals surface area contributed by atoms with E-state index in [0.29, 0.717) is 36.9 Å². The van der Waals surface area contributed by atoms with Crippen LogP contribution in [0.4, 0.5) is 11.4 Å². The lowest BCUT2D eigenvalue weighted by molar-refractivity contribution is -0.125. The van der Waals surface area contributed by atoms with E-state index in [1.807, 2.05) is 23.1 Å². The molecule has 1 heterocycles. The van der Waals surface area contributed by atoms with Gasteiger partial charge in [-0.1, -0.05) is 18.2 Å². The minimum absolute atomic E-state index is 0.0980. The number of hydrogen-bond acceptors (Lipinski definition) is 6. The van der Waals surface area contributed by atoms with Gasteiger partial charge in [-0.2, -0.15) is 0 Å². The first-order chi connectivity index (χ1) is 15.1. The molecule has 9 heteroatoms. The number of hydrogen-bond donors (Lipinski definition) is 3. The summed E-state index contributed by atoms with van der Waals surface area (Å²) in [6.45, 7) is 2.74. The van der Waals surface area contributed by atoms with Crippen LogP contribution in [0, 0.1) is 0 Å². The summed E-state index contributed by atoms with van der Waals surface area (Å²) in [6, 6.07) is 15.7. The number of anilines is 2. The molecule has 0 aromatic heterocycles. The van der Waals surface area contributed by atoms with E-state index in [1.165, 1.54) is 0 Å². The molecular formula is C22H26N4O5. The summed E-state index contributed by atoms with van der Waals surface area (Å²) < 4.78 is 10.6. The van der Waals surface area contributed by atoms with Crippen LogP contribution in [0.3, 0.4) is 0 Å². The number of nitrogens with zero attached hydrogens (tertiary/aromatic N) is 1. The fourth-order valence-corrected chi connectivity index (χ4v) is 2.90. The van der Waals surface area contributed by atoms with Crippen LogP contribution in [-0.2, 0) is 19.1 Å². The Morgan fingerprint density at radius 2 is 1.45 bits per heavy atom. The maximum atomic E-state index is 12.1. The molecule has 31 heavy (non-hydrogen) atoms. The third-order valence-electron chi connectivity index (χ3n) is 4.48. The highest BCUT2D eigenvalue weighted by Crippen LogP contribution is 2.13. The van der Waals surface area contributed by atoms with Gasteiger partial charge in [-0.25, -0.2) is 0 Å². The smallest absolute Gasteiger partial charge is 0.258 e. The number of carbonyl (C=O) groups is 3. The monoisotopic (exact) mass is 426 g/mol. The van der Waals surface area contributed by atoms with Crippen molar-refractivity contribution in [2.75, 3.05) is 56.6 Å². The Balaban J connectivity index is 1.35. The molecule has 3 N–H and O–H groups in total. The van der Waals surface area contributed by atoms with Gasteiger partial charge in [-0.3, -0.25) is 19.3 Å². The largest absolute Gasteiger partial charge is 0.484 e. The fourth-order valence-electron chi connectivity index (χ4n) is 2.90. The number of ether oxygens (including phenoxy) is 2. The van der Waals surface area contributed by atoms with Crippen LogP contribution < -0.4 is 20.7 Å². The average Bonchev–Trinajstić information content (AvgIpc) is 2.79. The lowest BCUT2D eigenvalue weighted by atomic mass is 10.2. The van der Waals surface area contributed by atoms with Crippen LogP contribution >= 0.6 is 0 Å². The number of rotatable bonds is 9. The molecule has 1 fully saturated rings. The van der Waals surface area contributed by atoms with Crippen molar-refractivity contribution in [2.24, 2.45) is 0 Å². The van der Waals surface area contributed by atoms with Crippen LogP contribution in [0.15, 0.2) is 54.6 Å². The molecule has 0 saturated carbocycles. The summed E-state index contributed by atoms with van der Waals surface area (Å²) >= 11 is 0. The van der Waals surface area contributed by atoms with Crippen molar-refractivity contribution in [2.45, 2.75) is 0 Å². The van der Waals surface area contributed by atoms with Crippen molar-refractivity contribution in [1.82, 2.24) is 10.2 Å². The minimum atomic E-state index is -0.391. The van der Waals surface area contributed by atoms with Crippen molar-refractivity contribution in [1.29, 1.82) is 0 Å². The SMILES string of the molecule is O=C(COc1ccccc1)NCC(=O)Nc1ccc(NC(=O)CN2CCOCC2)cc1. The predicted molar refractivity (Wildman–Crippen MR) is 116 cm³/mol. The molecule has 3 rings (SSSR count). The van der Waals surface area contributed by atoms with E-state index < -0.39 is 5.91 Å². The maximum Gasteiger partial charge on any atom is 0.258 e. The third-order valence-corrected chi connectivity index (χ3v) is 4.48. The lowest BCUT2D eigenvalue weighted by Gasteiger charge is -2.25. The molecule has 0 aliphatic carbocycles. The van der Waals surface area contributed by atoms with Crippen molar-refractivity contribution >= 4 is 29.1 Å². The zero-order chi connectivity index (χ0) is 21.9. The Morgan fingerprint density at radius 3 is 2.10 bits per heavy atom. The molecule has 1 saturated heterocycles. The highest BCUT2D eigenvalue weighted by atomic mass is 16.5. The summed E-state index contributed by atoms with van der Waals surface area (Å²) in [5.74, 6) is -0.271. The molecule has 0 unspecified atom stereocenters. The van der Waals surface area contributed by atoms with Gasteiger partial charge in [0.25, 0.3) is 5.91 Å². The van der Waals surface area contributed by atoms with Crippen molar-refractivity contribution in [3.63, 3.8) is 0 Å². The molecule has 2 aromatic carbocycles. The van der Waals surface area contributed by atoms with Crippen LogP contribution in [0.25, 0.3) is 0 Å². The summed E-state index contributed by atoms with van der Waals surface area (Å²) in [5, 5.41) is 8.02. The standard InChI is InChI=1S/C22H26N4O5/c27-20(14-23-22(29)16-31-19-4-2-1-3-5-19)24-17-6-8-18(9-7-17)25-21(28)15-26-10-12-30-13-11-26/h1-9H,10-16H2,(H,23,29)(H,24,27)(H,25,28). The quantitative estimate of drug-likeness (QED) is 0.554. The first-order valence-corrected chi connectivity index (χ1v) is 10.0. The number of morpholine rings is 1. The van der Waals surface area contributed by atoms with E-state index in [9.17, 15) is 14.4 Å². The van der Waals surface area contributed by atoms with Crippen molar-refractivity contribution in [3.05, 3.63) is 54.6 Å². The van der Waals surface area contributed by atoms with Gasteiger partial charge < -0.3 is 25.4 Å². The Bertz CT molecular complexity index is 867. The van der Waals surface area contributed by atoms with Crippen LogP contribution in [0.5, 0.6) is 5.75 Å². The van der Waals surface area contributed by atoms with E-state index in [4.69, 9.17) is 9.47 Å². The zero-order valence-electron chi connectivity index (χ0n) is 17.1. The number of para-hydroxylation sites is 1. The summed E-state index contributed by atoms with van der Waals surface area (Å²) in [4.78, 5) is 38.0. The molecule has 164 valence electrons. The second-order valence-corrected chi connectivity index (χ2v) is 6.94. The summed E-state index contributed by atoms with van der Waals surface area (Å²) in [5.41, 5.74) is 1.20. The van der Waals surface area contributed by atoms with E-state index in [1.54, 1.807) is 36.4 Å². The topological polar surface area (TPSA) is 109 Å². The molecule has 1 aliphatic heterocycles. The second-order valence-electron chi connectivity index (χ2n) is 6.94.